The maximum Gasteiger partial charge on any atom is 0.219 e. The van der Waals surface area contributed by atoms with Crippen molar-refractivity contribution in [2.75, 3.05) is 38.6 Å². The number of benzene rings is 1. The Morgan fingerprint density at radius 3 is 2.44 bits per heavy atom. The summed E-state index contributed by atoms with van der Waals surface area (Å²) < 4.78 is 0. The molecule has 27 heavy (non-hydrogen) atoms. The van der Waals surface area contributed by atoms with Crippen LogP contribution < -0.4 is 4.90 Å². The first kappa shape index (κ1) is 19.6. The molecular weight excluding hydrogens is 338 g/mol. The Balaban J connectivity index is 1.64. The highest BCUT2D eigenvalue weighted by Gasteiger charge is 2.38. The predicted molar refractivity (Wildman–Crippen MR) is 109 cm³/mol. The SMILES string of the molecule is CC(=O)N(C)C1CCN(CC(=O)/C=C2/N(C)c3ccccc3C2(C)C)CC1. The van der Waals surface area contributed by atoms with Gasteiger partial charge in [-0.05, 0) is 24.5 Å². The molecule has 0 radical (unpaired) electrons. The van der Waals surface area contributed by atoms with Gasteiger partial charge in [0, 0.05) is 63.0 Å². The molecular formula is C22H31N3O2. The van der Waals surface area contributed by atoms with Gasteiger partial charge in [0.25, 0.3) is 0 Å². The van der Waals surface area contributed by atoms with E-state index in [0.29, 0.717) is 12.6 Å². The predicted octanol–water partition coefficient (Wildman–Crippen LogP) is 2.81. The zero-order chi connectivity index (χ0) is 19.8. The summed E-state index contributed by atoms with van der Waals surface area (Å²) in [7, 11) is 3.91. The van der Waals surface area contributed by atoms with E-state index in [1.54, 1.807) is 6.92 Å². The lowest BCUT2D eigenvalue weighted by Crippen LogP contribution is -2.46. The molecule has 0 N–H and O–H groups in total. The molecule has 146 valence electrons. The van der Waals surface area contributed by atoms with E-state index in [2.05, 4.69) is 41.8 Å². The van der Waals surface area contributed by atoms with E-state index < -0.39 is 0 Å². The molecule has 0 unspecified atom stereocenters. The number of hydrogen-bond acceptors (Lipinski definition) is 4. The first-order valence-corrected chi connectivity index (χ1v) is 9.76. The van der Waals surface area contributed by atoms with Gasteiger partial charge in [0.2, 0.25) is 5.91 Å². The van der Waals surface area contributed by atoms with Crippen LogP contribution in [0.4, 0.5) is 5.69 Å². The number of hydrogen-bond donors (Lipinski definition) is 0. The second-order valence-corrected chi connectivity index (χ2v) is 8.33. The summed E-state index contributed by atoms with van der Waals surface area (Å²) in [6, 6.07) is 8.65. The van der Waals surface area contributed by atoms with Gasteiger partial charge in [-0.3, -0.25) is 14.5 Å². The summed E-state index contributed by atoms with van der Waals surface area (Å²) in [5.41, 5.74) is 3.33. The number of likely N-dealkylation sites (N-methyl/N-ethyl adjacent to an activating group) is 1. The summed E-state index contributed by atoms with van der Waals surface area (Å²) in [6.45, 7) is 8.13. The van der Waals surface area contributed by atoms with Crippen LogP contribution in [0, 0.1) is 0 Å². The van der Waals surface area contributed by atoms with Crippen molar-refractivity contribution in [3.8, 4) is 0 Å². The highest BCUT2D eigenvalue weighted by atomic mass is 16.2. The average molecular weight is 370 g/mol. The maximum atomic E-state index is 12.8. The lowest BCUT2D eigenvalue weighted by Gasteiger charge is -2.36. The fourth-order valence-corrected chi connectivity index (χ4v) is 4.40. The number of nitrogens with zero attached hydrogens (tertiary/aromatic N) is 3. The average Bonchev–Trinajstić information content (AvgIpc) is 2.83. The molecule has 1 fully saturated rings. The number of para-hydroxylation sites is 1. The summed E-state index contributed by atoms with van der Waals surface area (Å²) in [5, 5.41) is 0. The van der Waals surface area contributed by atoms with Crippen LogP contribution in [-0.4, -0.2) is 61.3 Å². The van der Waals surface area contributed by atoms with Crippen LogP contribution in [0.5, 0.6) is 0 Å². The highest BCUT2D eigenvalue weighted by Crippen LogP contribution is 2.46. The van der Waals surface area contributed by atoms with Crippen LogP contribution in [0.25, 0.3) is 0 Å². The molecule has 0 bridgehead atoms. The Hall–Kier alpha value is -2.14. The van der Waals surface area contributed by atoms with E-state index in [4.69, 9.17) is 0 Å². The third kappa shape index (κ3) is 3.79. The van der Waals surface area contributed by atoms with Gasteiger partial charge in [0.15, 0.2) is 5.78 Å². The van der Waals surface area contributed by atoms with Gasteiger partial charge in [-0.1, -0.05) is 32.0 Å². The Kier molecular flexibility index (Phi) is 5.43. The lowest BCUT2D eigenvalue weighted by molar-refractivity contribution is -0.130. The first-order valence-electron chi connectivity index (χ1n) is 9.76. The van der Waals surface area contributed by atoms with Crippen molar-refractivity contribution < 1.29 is 9.59 Å². The summed E-state index contributed by atoms with van der Waals surface area (Å²) in [5.74, 6) is 0.261. The van der Waals surface area contributed by atoms with Crippen LogP contribution in [-0.2, 0) is 15.0 Å². The minimum absolute atomic E-state index is 0.111. The molecule has 1 aromatic carbocycles. The second-order valence-electron chi connectivity index (χ2n) is 8.33. The number of anilines is 1. The largest absolute Gasteiger partial charge is 0.347 e. The van der Waals surface area contributed by atoms with Crippen LogP contribution >= 0.6 is 0 Å². The van der Waals surface area contributed by atoms with Gasteiger partial charge in [-0.15, -0.1) is 0 Å². The molecule has 2 aliphatic heterocycles. The quantitative estimate of drug-likeness (QED) is 0.766. The Bertz CT molecular complexity index is 761. The molecule has 1 aromatic rings. The molecule has 3 rings (SSSR count). The van der Waals surface area contributed by atoms with Crippen LogP contribution in [0.1, 0.15) is 39.2 Å². The van der Waals surface area contributed by atoms with Crippen molar-refractivity contribution in [2.45, 2.75) is 45.1 Å². The molecule has 2 heterocycles. The fourth-order valence-electron chi connectivity index (χ4n) is 4.40. The molecule has 0 aromatic heterocycles. The third-order valence-electron chi connectivity index (χ3n) is 6.22. The smallest absolute Gasteiger partial charge is 0.219 e. The van der Waals surface area contributed by atoms with E-state index in [0.717, 1.165) is 31.6 Å². The Morgan fingerprint density at radius 1 is 1.22 bits per heavy atom. The van der Waals surface area contributed by atoms with E-state index in [-0.39, 0.29) is 17.1 Å². The number of carbonyl (C=O) groups is 2. The topological polar surface area (TPSA) is 43.9 Å². The number of likely N-dealkylation sites (tertiary alicyclic amines) is 1. The molecule has 0 saturated carbocycles. The van der Waals surface area contributed by atoms with Gasteiger partial charge in [-0.2, -0.15) is 0 Å². The van der Waals surface area contributed by atoms with E-state index in [1.807, 2.05) is 31.1 Å². The highest BCUT2D eigenvalue weighted by molar-refractivity contribution is 5.94. The number of allylic oxidation sites excluding steroid dienone is 1. The second kappa shape index (κ2) is 7.47. The molecule has 1 saturated heterocycles. The van der Waals surface area contributed by atoms with Gasteiger partial charge in [-0.25, -0.2) is 0 Å². The van der Waals surface area contributed by atoms with Crippen molar-refractivity contribution in [1.82, 2.24) is 9.80 Å². The molecule has 1 amide bonds. The molecule has 0 spiro atoms. The van der Waals surface area contributed by atoms with Gasteiger partial charge in [0.05, 0.1) is 6.54 Å². The monoisotopic (exact) mass is 369 g/mol. The minimum Gasteiger partial charge on any atom is -0.347 e. The van der Waals surface area contributed by atoms with Crippen LogP contribution in [0.2, 0.25) is 0 Å². The number of rotatable bonds is 4. The normalized spacial score (nSPS) is 21.4. The Labute approximate surface area is 162 Å². The molecule has 2 aliphatic rings. The number of ketones is 1. The molecule has 5 nitrogen and oxygen atoms in total. The molecule has 0 aliphatic carbocycles. The number of fused-ring (bicyclic) bond motifs is 1. The summed E-state index contributed by atoms with van der Waals surface area (Å²) in [4.78, 5) is 30.5. The maximum absolute atomic E-state index is 12.8. The molecule has 5 heteroatoms. The standard InChI is InChI=1S/C22H31N3O2/c1-16(26)23(4)17-10-12-25(13-11-17)15-18(27)14-21-22(2,3)19-8-6-7-9-20(19)24(21)5/h6-9,14,17H,10-13,15H2,1-5H3/b21-14+. The summed E-state index contributed by atoms with van der Waals surface area (Å²) in [6.07, 6.45) is 3.68. The minimum atomic E-state index is -0.168. The van der Waals surface area contributed by atoms with E-state index in [1.165, 1.54) is 11.3 Å². The van der Waals surface area contributed by atoms with Crippen molar-refractivity contribution in [3.05, 3.63) is 41.6 Å². The van der Waals surface area contributed by atoms with Crippen molar-refractivity contribution in [3.63, 3.8) is 0 Å². The van der Waals surface area contributed by atoms with Crippen LogP contribution in [0.15, 0.2) is 36.0 Å². The lowest BCUT2D eigenvalue weighted by atomic mass is 9.83. The molecule has 0 atom stereocenters. The zero-order valence-corrected chi connectivity index (χ0v) is 17.2. The first-order chi connectivity index (χ1) is 12.7. The fraction of sp³-hybridized carbons (Fsp3) is 0.545. The van der Waals surface area contributed by atoms with Crippen LogP contribution in [0.3, 0.4) is 0 Å². The van der Waals surface area contributed by atoms with Crippen molar-refractivity contribution in [2.24, 2.45) is 0 Å². The third-order valence-corrected chi connectivity index (χ3v) is 6.22. The summed E-state index contributed by atoms with van der Waals surface area (Å²) >= 11 is 0. The van der Waals surface area contributed by atoms with Gasteiger partial charge >= 0.3 is 0 Å². The number of amides is 1. The zero-order valence-electron chi connectivity index (χ0n) is 17.2. The van der Waals surface area contributed by atoms with Gasteiger partial charge < -0.3 is 9.80 Å². The van der Waals surface area contributed by atoms with E-state index in [9.17, 15) is 9.59 Å². The number of carbonyl (C=O) groups excluding carboxylic acids is 2. The van der Waals surface area contributed by atoms with Crippen molar-refractivity contribution in [1.29, 1.82) is 0 Å². The van der Waals surface area contributed by atoms with Crippen molar-refractivity contribution >= 4 is 17.4 Å². The van der Waals surface area contributed by atoms with Gasteiger partial charge in [0.1, 0.15) is 0 Å². The van der Waals surface area contributed by atoms with E-state index >= 15 is 0 Å². The number of piperidine rings is 1. The Morgan fingerprint density at radius 2 is 1.85 bits per heavy atom.